The highest BCUT2D eigenvalue weighted by Gasteiger charge is 2.44. The van der Waals surface area contributed by atoms with Crippen molar-refractivity contribution in [3.63, 3.8) is 0 Å². The van der Waals surface area contributed by atoms with Crippen LogP contribution in [0.4, 0.5) is 11.9 Å². The molecule has 1 aromatic carbocycles. The smallest absolute Gasteiger partial charge is 0.229 e. The van der Waals surface area contributed by atoms with Crippen molar-refractivity contribution in [2.75, 3.05) is 17.2 Å². The molecule has 1 aromatic heterocycles. The van der Waals surface area contributed by atoms with E-state index in [0.717, 1.165) is 19.3 Å². The lowest BCUT2D eigenvalue weighted by Gasteiger charge is -2.39. The van der Waals surface area contributed by atoms with Crippen LogP contribution in [0.1, 0.15) is 71.0 Å². The molecule has 9 heteroatoms. The Morgan fingerprint density at radius 3 is 2.40 bits per heavy atom. The third-order valence-electron chi connectivity index (χ3n) is 8.14. The van der Waals surface area contributed by atoms with E-state index in [1.165, 1.54) is 11.1 Å². The minimum absolute atomic E-state index is 0.0190. The Morgan fingerprint density at radius 2 is 1.74 bits per heavy atom. The molecule has 1 heterocycles. The van der Waals surface area contributed by atoms with Crippen LogP contribution < -0.4 is 10.6 Å². The number of aliphatic hydroxyl groups is 1. The number of hydrogen-bond acceptors (Lipinski definition) is 7. The van der Waals surface area contributed by atoms with Gasteiger partial charge in [0.05, 0.1) is 12.1 Å². The number of hydrogen-bond donors (Lipinski definition) is 3. The SMILES string of the molecule is CC1(C)C[C@@H](Nc2nc(Cl)nc(N[C@H]3C[C@H](CO)[C@@H](O[Si](C)(C)C(C)(C)C)C3)n2)c2ccccc21. The van der Waals surface area contributed by atoms with Gasteiger partial charge >= 0.3 is 0 Å². The summed E-state index contributed by atoms with van der Waals surface area (Å²) in [5.41, 5.74) is 2.70. The molecule has 0 amide bonds. The van der Waals surface area contributed by atoms with Crippen molar-refractivity contribution >= 4 is 31.8 Å². The fourth-order valence-corrected chi connectivity index (χ4v) is 6.75. The maximum absolute atomic E-state index is 10.0. The quantitative estimate of drug-likeness (QED) is 0.392. The highest BCUT2D eigenvalue weighted by atomic mass is 35.5. The van der Waals surface area contributed by atoms with Gasteiger partial charge in [0.15, 0.2) is 8.32 Å². The number of benzene rings is 1. The molecular formula is C26H40ClN5O2Si. The summed E-state index contributed by atoms with van der Waals surface area (Å²) in [6.45, 7) is 15.9. The highest BCUT2D eigenvalue weighted by Crippen LogP contribution is 2.45. The zero-order chi connectivity index (χ0) is 25.6. The zero-order valence-electron chi connectivity index (χ0n) is 22.0. The summed E-state index contributed by atoms with van der Waals surface area (Å²) in [7, 11) is -1.94. The van der Waals surface area contributed by atoms with Crippen molar-refractivity contribution < 1.29 is 9.53 Å². The standard InChI is InChI=1S/C26H40ClN5O2Si/c1-25(2,3)35(6,7)34-21-13-17(12-16(21)15-33)28-23-30-22(27)31-24(32-23)29-20-14-26(4,5)19-11-9-8-10-18(19)20/h8-11,16-17,20-21,33H,12-15H2,1-7H3,(H2,28,29,30,31,32)/t16-,17+,20-,21+/m1/s1. The van der Waals surface area contributed by atoms with Gasteiger partial charge in [-0.15, -0.1) is 0 Å². The molecule has 3 N–H and O–H groups in total. The van der Waals surface area contributed by atoms with Gasteiger partial charge in [-0.1, -0.05) is 58.9 Å². The van der Waals surface area contributed by atoms with Crippen molar-refractivity contribution in [1.29, 1.82) is 0 Å². The molecule has 7 nitrogen and oxygen atoms in total. The van der Waals surface area contributed by atoms with Gasteiger partial charge in [-0.05, 0) is 65.5 Å². The van der Waals surface area contributed by atoms with Crippen molar-refractivity contribution in [3.05, 3.63) is 40.7 Å². The van der Waals surface area contributed by atoms with Gasteiger partial charge in [0.1, 0.15) is 0 Å². The van der Waals surface area contributed by atoms with Crippen LogP contribution in [-0.4, -0.2) is 47.1 Å². The Morgan fingerprint density at radius 1 is 1.09 bits per heavy atom. The number of aliphatic hydroxyl groups excluding tert-OH is 1. The van der Waals surface area contributed by atoms with Gasteiger partial charge in [0, 0.05) is 18.6 Å². The second kappa shape index (κ2) is 9.61. The fourth-order valence-electron chi connectivity index (χ4n) is 5.19. The molecule has 2 aliphatic rings. The van der Waals surface area contributed by atoms with Crippen molar-refractivity contribution in [2.24, 2.45) is 5.92 Å². The second-order valence-corrected chi connectivity index (χ2v) is 17.4. The summed E-state index contributed by atoms with van der Waals surface area (Å²) < 4.78 is 6.67. The molecular weight excluding hydrogens is 478 g/mol. The van der Waals surface area contributed by atoms with E-state index in [1.54, 1.807) is 0 Å². The molecule has 4 rings (SSSR count). The van der Waals surface area contributed by atoms with E-state index in [-0.39, 0.29) is 46.4 Å². The first-order valence-corrected chi connectivity index (χ1v) is 15.9. The first kappa shape index (κ1) is 26.3. The van der Waals surface area contributed by atoms with Crippen LogP contribution in [0.15, 0.2) is 24.3 Å². The molecule has 0 spiro atoms. The van der Waals surface area contributed by atoms with Crippen LogP contribution in [0, 0.1) is 5.92 Å². The van der Waals surface area contributed by atoms with Gasteiger partial charge in [-0.25, -0.2) is 0 Å². The monoisotopic (exact) mass is 517 g/mol. The van der Waals surface area contributed by atoms with Crippen LogP contribution in [0.2, 0.25) is 23.4 Å². The second-order valence-electron chi connectivity index (χ2n) is 12.3. The topological polar surface area (TPSA) is 92.2 Å². The van der Waals surface area contributed by atoms with E-state index in [9.17, 15) is 5.11 Å². The molecule has 1 saturated carbocycles. The van der Waals surface area contributed by atoms with E-state index in [1.807, 2.05) is 0 Å². The van der Waals surface area contributed by atoms with E-state index in [4.69, 9.17) is 16.0 Å². The lowest BCUT2D eigenvalue weighted by molar-refractivity contribution is 0.0980. The average Bonchev–Trinajstić information content (AvgIpc) is 3.23. The number of nitrogens with zero attached hydrogens (tertiary/aromatic N) is 3. The molecule has 0 bridgehead atoms. The molecule has 4 atom stereocenters. The van der Waals surface area contributed by atoms with Crippen LogP contribution in [0.25, 0.3) is 0 Å². The van der Waals surface area contributed by atoms with Gasteiger partial charge in [-0.2, -0.15) is 15.0 Å². The number of anilines is 2. The number of aromatic nitrogens is 3. The van der Waals surface area contributed by atoms with E-state index in [0.29, 0.717) is 11.9 Å². The Kier molecular flexibility index (Phi) is 7.23. The summed E-state index contributed by atoms with van der Waals surface area (Å²) in [6, 6.07) is 8.74. The zero-order valence-corrected chi connectivity index (χ0v) is 23.8. The van der Waals surface area contributed by atoms with Crippen LogP contribution in [-0.2, 0) is 9.84 Å². The molecule has 35 heavy (non-hydrogen) atoms. The third kappa shape index (κ3) is 5.66. The minimum Gasteiger partial charge on any atom is -0.413 e. The maximum atomic E-state index is 10.0. The summed E-state index contributed by atoms with van der Waals surface area (Å²) in [5, 5.41) is 17.2. The Bertz CT molecular complexity index is 1060. The highest BCUT2D eigenvalue weighted by molar-refractivity contribution is 6.74. The average molecular weight is 518 g/mol. The Hall–Kier alpha value is -1.74. The molecule has 2 aliphatic carbocycles. The van der Waals surface area contributed by atoms with Gasteiger partial charge in [-0.3, -0.25) is 0 Å². The molecule has 0 aliphatic heterocycles. The van der Waals surface area contributed by atoms with Crippen molar-refractivity contribution in [3.8, 4) is 0 Å². The van der Waals surface area contributed by atoms with Crippen molar-refractivity contribution in [2.45, 2.75) is 95.6 Å². The van der Waals surface area contributed by atoms with Crippen LogP contribution in [0.3, 0.4) is 0 Å². The number of nitrogens with one attached hydrogen (secondary N) is 2. The molecule has 192 valence electrons. The predicted octanol–water partition coefficient (Wildman–Crippen LogP) is 5.93. The maximum Gasteiger partial charge on any atom is 0.229 e. The van der Waals surface area contributed by atoms with Gasteiger partial charge < -0.3 is 20.2 Å². The third-order valence-corrected chi connectivity index (χ3v) is 12.8. The predicted molar refractivity (Wildman–Crippen MR) is 145 cm³/mol. The molecule has 0 radical (unpaired) electrons. The lowest BCUT2D eigenvalue weighted by atomic mass is 9.86. The van der Waals surface area contributed by atoms with Crippen LogP contribution in [0.5, 0.6) is 0 Å². The summed E-state index contributed by atoms with van der Waals surface area (Å²) in [5.74, 6) is 1.01. The van der Waals surface area contributed by atoms with E-state index in [2.05, 4.69) is 97.6 Å². The Balaban J connectivity index is 1.46. The molecule has 1 fully saturated rings. The number of halogens is 1. The minimum atomic E-state index is -1.94. The molecule has 0 saturated heterocycles. The summed E-state index contributed by atoms with van der Waals surface area (Å²) in [4.78, 5) is 13.3. The van der Waals surface area contributed by atoms with Gasteiger partial charge in [0.25, 0.3) is 0 Å². The summed E-state index contributed by atoms with van der Waals surface area (Å²) >= 11 is 6.30. The van der Waals surface area contributed by atoms with Crippen molar-refractivity contribution in [1.82, 2.24) is 15.0 Å². The number of rotatable bonds is 7. The van der Waals surface area contributed by atoms with Crippen LogP contribution >= 0.6 is 11.6 Å². The van der Waals surface area contributed by atoms with Gasteiger partial charge in [0.2, 0.25) is 17.2 Å². The summed E-state index contributed by atoms with van der Waals surface area (Å²) in [6.07, 6.45) is 2.57. The normalized spacial score (nSPS) is 26.0. The lowest BCUT2D eigenvalue weighted by Crippen LogP contribution is -2.45. The molecule has 2 aromatic rings. The first-order valence-electron chi connectivity index (χ1n) is 12.6. The Labute approximate surface area is 215 Å². The first-order chi connectivity index (χ1) is 16.3. The van der Waals surface area contributed by atoms with E-state index >= 15 is 0 Å². The molecule has 0 unspecified atom stereocenters. The number of fused-ring (bicyclic) bond motifs is 1. The fraction of sp³-hybridized carbons (Fsp3) is 0.654. The van der Waals surface area contributed by atoms with E-state index < -0.39 is 8.32 Å². The largest absolute Gasteiger partial charge is 0.413 e.